The van der Waals surface area contributed by atoms with Crippen LogP contribution >= 0.6 is 0 Å². The zero-order valence-corrected chi connectivity index (χ0v) is 10.5. The molecule has 1 aromatic rings. The van der Waals surface area contributed by atoms with Crippen molar-refractivity contribution in [1.82, 2.24) is 4.90 Å². The van der Waals surface area contributed by atoms with Gasteiger partial charge in [-0.05, 0) is 18.9 Å². The summed E-state index contributed by atoms with van der Waals surface area (Å²) >= 11 is 0. The number of ether oxygens (including phenoxy) is 1. The molecule has 1 aromatic carbocycles. The van der Waals surface area contributed by atoms with Gasteiger partial charge in [0, 0.05) is 24.6 Å². The quantitative estimate of drug-likeness (QED) is 0.782. The SMILES string of the molecule is CCC(=O)N(Cc1ccccc1OC)C1CC1. The molecule has 17 heavy (non-hydrogen) atoms. The second kappa shape index (κ2) is 5.21. The Labute approximate surface area is 102 Å². The maximum absolute atomic E-state index is 11.9. The summed E-state index contributed by atoms with van der Waals surface area (Å²) in [6.45, 7) is 2.58. The molecule has 1 amide bonds. The molecule has 92 valence electrons. The fourth-order valence-electron chi connectivity index (χ4n) is 2.03. The summed E-state index contributed by atoms with van der Waals surface area (Å²) in [6, 6.07) is 8.35. The first-order valence-corrected chi connectivity index (χ1v) is 6.17. The van der Waals surface area contributed by atoms with Crippen molar-refractivity contribution < 1.29 is 9.53 Å². The highest BCUT2D eigenvalue weighted by Crippen LogP contribution is 2.30. The molecule has 2 rings (SSSR count). The third kappa shape index (κ3) is 2.78. The molecule has 0 bridgehead atoms. The van der Waals surface area contributed by atoms with Crippen LogP contribution in [-0.2, 0) is 11.3 Å². The molecule has 1 saturated carbocycles. The Morgan fingerprint density at radius 1 is 1.41 bits per heavy atom. The van der Waals surface area contributed by atoms with E-state index in [0.29, 0.717) is 19.0 Å². The Hall–Kier alpha value is -1.51. The van der Waals surface area contributed by atoms with Crippen LogP contribution in [0.2, 0.25) is 0 Å². The molecule has 0 aromatic heterocycles. The van der Waals surface area contributed by atoms with Crippen LogP contribution in [0.3, 0.4) is 0 Å². The topological polar surface area (TPSA) is 29.5 Å². The number of amides is 1. The van der Waals surface area contributed by atoms with E-state index in [1.807, 2.05) is 36.1 Å². The van der Waals surface area contributed by atoms with Gasteiger partial charge in [-0.3, -0.25) is 4.79 Å². The van der Waals surface area contributed by atoms with Gasteiger partial charge in [-0.25, -0.2) is 0 Å². The van der Waals surface area contributed by atoms with Crippen molar-refractivity contribution in [2.24, 2.45) is 0 Å². The van der Waals surface area contributed by atoms with Gasteiger partial charge in [0.1, 0.15) is 5.75 Å². The lowest BCUT2D eigenvalue weighted by atomic mass is 10.2. The van der Waals surface area contributed by atoms with Gasteiger partial charge in [-0.15, -0.1) is 0 Å². The highest BCUT2D eigenvalue weighted by Gasteiger charge is 2.32. The Kier molecular flexibility index (Phi) is 3.67. The van der Waals surface area contributed by atoms with E-state index < -0.39 is 0 Å². The number of methoxy groups -OCH3 is 1. The molecule has 3 nitrogen and oxygen atoms in total. The van der Waals surface area contributed by atoms with Gasteiger partial charge in [0.2, 0.25) is 5.91 Å². The molecule has 0 unspecified atom stereocenters. The molecule has 0 N–H and O–H groups in total. The van der Waals surface area contributed by atoms with Crippen molar-refractivity contribution in [2.75, 3.05) is 7.11 Å². The number of benzene rings is 1. The van der Waals surface area contributed by atoms with Crippen LogP contribution in [0.25, 0.3) is 0 Å². The molecule has 1 aliphatic rings. The normalized spacial score (nSPS) is 14.5. The molecule has 0 saturated heterocycles. The molecule has 3 heteroatoms. The van der Waals surface area contributed by atoms with E-state index >= 15 is 0 Å². The van der Waals surface area contributed by atoms with E-state index in [2.05, 4.69) is 0 Å². The van der Waals surface area contributed by atoms with Crippen molar-refractivity contribution in [1.29, 1.82) is 0 Å². The average molecular weight is 233 g/mol. The van der Waals surface area contributed by atoms with Crippen LogP contribution in [0.5, 0.6) is 5.75 Å². The maximum atomic E-state index is 11.9. The van der Waals surface area contributed by atoms with Crippen LogP contribution in [0.1, 0.15) is 31.7 Å². The predicted molar refractivity (Wildman–Crippen MR) is 66.9 cm³/mol. The van der Waals surface area contributed by atoms with Crippen molar-refractivity contribution in [3.05, 3.63) is 29.8 Å². The standard InChI is InChI=1S/C14H19NO2/c1-3-14(16)15(12-8-9-12)10-11-6-4-5-7-13(11)17-2/h4-7,12H,3,8-10H2,1-2H3. The van der Waals surface area contributed by atoms with E-state index in [9.17, 15) is 4.79 Å². The van der Waals surface area contributed by atoms with Crippen molar-refractivity contribution >= 4 is 5.91 Å². The molecule has 0 spiro atoms. The smallest absolute Gasteiger partial charge is 0.222 e. The van der Waals surface area contributed by atoms with Crippen LogP contribution < -0.4 is 4.74 Å². The maximum Gasteiger partial charge on any atom is 0.222 e. The van der Waals surface area contributed by atoms with Crippen molar-refractivity contribution in [2.45, 2.75) is 38.8 Å². The minimum atomic E-state index is 0.235. The fraction of sp³-hybridized carbons (Fsp3) is 0.500. The van der Waals surface area contributed by atoms with E-state index in [0.717, 1.165) is 24.2 Å². The molecule has 0 radical (unpaired) electrons. The number of carbonyl (C=O) groups excluding carboxylic acids is 1. The van der Waals surface area contributed by atoms with Crippen LogP contribution in [-0.4, -0.2) is 24.0 Å². The van der Waals surface area contributed by atoms with Gasteiger partial charge >= 0.3 is 0 Å². The lowest BCUT2D eigenvalue weighted by Gasteiger charge is -2.23. The summed E-state index contributed by atoms with van der Waals surface area (Å²) in [6.07, 6.45) is 2.85. The number of nitrogens with zero attached hydrogens (tertiary/aromatic N) is 1. The summed E-state index contributed by atoms with van der Waals surface area (Å²) in [7, 11) is 1.67. The van der Waals surface area contributed by atoms with Crippen LogP contribution in [0.15, 0.2) is 24.3 Å². The van der Waals surface area contributed by atoms with Gasteiger partial charge in [0.25, 0.3) is 0 Å². The summed E-state index contributed by atoms with van der Waals surface area (Å²) in [5, 5.41) is 0. The molecule has 1 fully saturated rings. The predicted octanol–water partition coefficient (Wildman–Crippen LogP) is 2.60. The van der Waals surface area contributed by atoms with E-state index in [1.165, 1.54) is 0 Å². The molecule has 0 heterocycles. The Balaban J connectivity index is 2.14. The monoisotopic (exact) mass is 233 g/mol. The summed E-state index contributed by atoms with van der Waals surface area (Å²) in [4.78, 5) is 13.9. The number of hydrogen-bond acceptors (Lipinski definition) is 2. The summed E-state index contributed by atoms with van der Waals surface area (Å²) in [5.74, 6) is 1.10. The second-order valence-corrected chi connectivity index (χ2v) is 4.42. The summed E-state index contributed by atoms with van der Waals surface area (Å²) in [5.41, 5.74) is 1.09. The fourth-order valence-corrected chi connectivity index (χ4v) is 2.03. The Bertz CT molecular complexity index is 399. The third-order valence-corrected chi connectivity index (χ3v) is 3.14. The van der Waals surface area contributed by atoms with E-state index in [1.54, 1.807) is 7.11 Å². The largest absolute Gasteiger partial charge is 0.496 e. The van der Waals surface area contributed by atoms with Gasteiger partial charge in [0.05, 0.1) is 7.11 Å². The zero-order chi connectivity index (χ0) is 12.3. The molecular formula is C14H19NO2. The first-order valence-electron chi connectivity index (χ1n) is 6.17. The number of para-hydroxylation sites is 1. The minimum absolute atomic E-state index is 0.235. The number of hydrogen-bond donors (Lipinski definition) is 0. The number of carbonyl (C=O) groups is 1. The number of rotatable bonds is 5. The van der Waals surface area contributed by atoms with E-state index in [-0.39, 0.29) is 5.91 Å². The average Bonchev–Trinajstić information content (AvgIpc) is 3.19. The Morgan fingerprint density at radius 2 is 2.12 bits per heavy atom. The van der Waals surface area contributed by atoms with Crippen LogP contribution in [0.4, 0.5) is 0 Å². The lowest BCUT2D eigenvalue weighted by molar-refractivity contribution is -0.132. The highest BCUT2D eigenvalue weighted by molar-refractivity contribution is 5.76. The summed E-state index contributed by atoms with van der Waals surface area (Å²) < 4.78 is 5.32. The lowest BCUT2D eigenvalue weighted by Crippen LogP contribution is -2.32. The van der Waals surface area contributed by atoms with Gasteiger partial charge < -0.3 is 9.64 Å². The van der Waals surface area contributed by atoms with Gasteiger partial charge in [-0.1, -0.05) is 25.1 Å². The van der Waals surface area contributed by atoms with E-state index in [4.69, 9.17) is 4.74 Å². The van der Waals surface area contributed by atoms with Gasteiger partial charge in [-0.2, -0.15) is 0 Å². The second-order valence-electron chi connectivity index (χ2n) is 4.42. The molecule has 0 aliphatic heterocycles. The first kappa shape index (κ1) is 12.0. The molecule has 1 aliphatic carbocycles. The van der Waals surface area contributed by atoms with Crippen molar-refractivity contribution in [3.63, 3.8) is 0 Å². The zero-order valence-electron chi connectivity index (χ0n) is 10.5. The first-order chi connectivity index (χ1) is 8.26. The van der Waals surface area contributed by atoms with Gasteiger partial charge in [0.15, 0.2) is 0 Å². The minimum Gasteiger partial charge on any atom is -0.496 e. The van der Waals surface area contributed by atoms with Crippen molar-refractivity contribution in [3.8, 4) is 5.75 Å². The molecular weight excluding hydrogens is 214 g/mol. The van der Waals surface area contributed by atoms with Crippen LogP contribution in [0, 0.1) is 0 Å². The highest BCUT2D eigenvalue weighted by atomic mass is 16.5. The Morgan fingerprint density at radius 3 is 2.71 bits per heavy atom. The third-order valence-electron chi connectivity index (χ3n) is 3.14. The molecule has 0 atom stereocenters.